The SMILES string of the molecule is CCCCCCCC/C=C\CCCCCCCC(=O)OCCCCCC/C=C\CCCCCCCCCC(=O)NC(CO)C(O)CCCCCCCCCCCCCCCCCCCCCCCCC. The van der Waals surface area contributed by atoms with E-state index in [9.17, 15) is 19.8 Å². The highest BCUT2D eigenvalue weighted by Crippen LogP contribution is 2.18. The molecule has 0 rings (SSSR count). The largest absolute Gasteiger partial charge is 0.466 e. The molecule has 70 heavy (non-hydrogen) atoms. The first-order valence-electron chi connectivity index (χ1n) is 31.6. The molecule has 0 saturated carbocycles. The number of esters is 1. The van der Waals surface area contributed by atoms with Crippen LogP contribution in [0.15, 0.2) is 24.3 Å². The van der Waals surface area contributed by atoms with Gasteiger partial charge in [0.25, 0.3) is 0 Å². The lowest BCUT2D eigenvalue weighted by atomic mass is 10.0. The van der Waals surface area contributed by atoms with Crippen LogP contribution in [-0.2, 0) is 14.3 Å². The first-order valence-corrected chi connectivity index (χ1v) is 31.6. The van der Waals surface area contributed by atoms with Gasteiger partial charge in [-0.2, -0.15) is 0 Å². The second-order valence-corrected chi connectivity index (χ2v) is 21.7. The number of amides is 1. The highest BCUT2D eigenvalue weighted by Gasteiger charge is 2.20. The Labute approximate surface area is 437 Å². The average Bonchev–Trinajstić information content (AvgIpc) is 3.36. The van der Waals surface area contributed by atoms with Crippen molar-refractivity contribution in [3.8, 4) is 0 Å². The lowest BCUT2D eigenvalue weighted by Gasteiger charge is -2.22. The first kappa shape index (κ1) is 68.3. The Morgan fingerprint density at radius 1 is 0.386 bits per heavy atom. The molecule has 3 N–H and O–H groups in total. The van der Waals surface area contributed by atoms with Gasteiger partial charge in [0.05, 0.1) is 25.4 Å². The van der Waals surface area contributed by atoms with Gasteiger partial charge in [-0.25, -0.2) is 0 Å². The average molecular weight is 987 g/mol. The van der Waals surface area contributed by atoms with Gasteiger partial charge in [-0.05, 0) is 77.0 Å². The molecule has 6 nitrogen and oxygen atoms in total. The van der Waals surface area contributed by atoms with E-state index in [2.05, 4.69) is 43.5 Å². The van der Waals surface area contributed by atoms with E-state index in [1.165, 1.54) is 244 Å². The summed E-state index contributed by atoms with van der Waals surface area (Å²) in [4.78, 5) is 24.6. The zero-order chi connectivity index (χ0) is 50.7. The van der Waals surface area contributed by atoms with Crippen LogP contribution in [0.1, 0.15) is 348 Å². The summed E-state index contributed by atoms with van der Waals surface area (Å²) in [5, 5.41) is 23.4. The van der Waals surface area contributed by atoms with Gasteiger partial charge in [0.15, 0.2) is 0 Å². The monoisotopic (exact) mass is 986 g/mol. The zero-order valence-corrected chi connectivity index (χ0v) is 47.3. The molecule has 0 bridgehead atoms. The molecule has 414 valence electrons. The van der Waals surface area contributed by atoms with E-state index in [0.29, 0.717) is 25.9 Å². The summed E-state index contributed by atoms with van der Waals surface area (Å²) in [6.45, 7) is 4.93. The third kappa shape index (κ3) is 55.7. The van der Waals surface area contributed by atoms with Crippen molar-refractivity contribution in [3.05, 3.63) is 24.3 Å². The highest BCUT2D eigenvalue weighted by molar-refractivity contribution is 5.76. The molecule has 0 aromatic heterocycles. The van der Waals surface area contributed by atoms with Crippen LogP contribution in [0, 0.1) is 0 Å². The topological polar surface area (TPSA) is 95.9 Å². The first-order chi connectivity index (χ1) is 34.5. The number of carbonyl (C=O) groups is 2. The number of carbonyl (C=O) groups excluding carboxylic acids is 2. The van der Waals surface area contributed by atoms with E-state index in [-0.39, 0.29) is 18.5 Å². The lowest BCUT2D eigenvalue weighted by molar-refractivity contribution is -0.143. The van der Waals surface area contributed by atoms with E-state index in [1.807, 2.05) is 0 Å². The van der Waals surface area contributed by atoms with Crippen molar-refractivity contribution in [1.82, 2.24) is 5.32 Å². The van der Waals surface area contributed by atoms with E-state index in [0.717, 1.165) is 70.6 Å². The lowest BCUT2D eigenvalue weighted by Crippen LogP contribution is -2.45. The summed E-state index contributed by atoms with van der Waals surface area (Å²) in [7, 11) is 0. The van der Waals surface area contributed by atoms with Gasteiger partial charge in [-0.1, -0.05) is 282 Å². The molecule has 0 aliphatic rings. The zero-order valence-electron chi connectivity index (χ0n) is 47.3. The summed E-state index contributed by atoms with van der Waals surface area (Å²) >= 11 is 0. The molecule has 0 aromatic carbocycles. The Balaban J connectivity index is 3.46. The molecule has 2 atom stereocenters. The van der Waals surface area contributed by atoms with Crippen LogP contribution in [-0.4, -0.2) is 47.4 Å². The minimum Gasteiger partial charge on any atom is -0.466 e. The molecule has 0 aliphatic carbocycles. The van der Waals surface area contributed by atoms with E-state index >= 15 is 0 Å². The molecule has 0 spiro atoms. The van der Waals surface area contributed by atoms with E-state index < -0.39 is 12.1 Å². The molecule has 0 aromatic rings. The van der Waals surface area contributed by atoms with Gasteiger partial charge in [0.2, 0.25) is 5.91 Å². The number of allylic oxidation sites excluding steroid dienone is 4. The van der Waals surface area contributed by atoms with Crippen molar-refractivity contribution >= 4 is 11.9 Å². The predicted molar refractivity (Wildman–Crippen MR) is 306 cm³/mol. The van der Waals surface area contributed by atoms with Crippen LogP contribution in [0.25, 0.3) is 0 Å². The van der Waals surface area contributed by atoms with Crippen LogP contribution in [0.2, 0.25) is 0 Å². The second kappa shape index (κ2) is 59.9. The molecule has 0 aliphatic heterocycles. The van der Waals surface area contributed by atoms with Crippen molar-refractivity contribution in [2.45, 2.75) is 360 Å². The molecule has 0 heterocycles. The molecule has 0 saturated heterocycles. The number of hydrogen-bond acceptors (Lipinski definition) is 5. The van der Waals surface area contributed by atoms with Crippen LogP contribution >= 0.6 is 0 Å². The Bertz CT molecular complexity index is 1090. The fraction of sp³-hybridized carbons (Fsp3) is 0.906. The third-order valence-electron chi connectivity index (χ3n) is 14.7. The minimum absolute atomic E-state index is 0.0171. The molecule has 2 unspecified atom stereocenters. The van der Waals surface area contributed by atoms with Crippen molar-refractivity contribution in [2.24, 2.45) is 0 Å². The number of aliphatic hydroxyl groups is 2. The minimum atomic E-state index is -0.676. The van der Waals surface area contributed by atoms with Crippen LogP contribution in [0.5, 0.6) is 0 Å². The number of hydrogen-bond donors (Lipinski definition) is 3. The van der Waals surface area contributed by atoms with E-state index in [4.69, 9.17) is 4.74 Å². The van der Waals surface area contributed by atoms with Crippen LogP contribution in [0.3, 0.4) is 0 Å². The fourth-order valence-corrected chi connectivity index (χ4v) is 9.87. The summed E-state index contributed by atoms with van der Waals surface area (Å²) in [5.74, 6) is -0.0640. The summed E-state index contributed by atoms with van der Waals surface area (Å²) in [6.07, 6.45) is 73.3. The number of aliphatic hydroxyl groups excluding tert-OH is 2. The van der Waals surface area contributed by atoms with Crippen molar-refractivity contribution in [3.63, 3.8) is 0 Å². The quantitative estimate of drug-likeness (QED) is 0.0321. The van der Waals surface area contributed by atoms with Crippen molar-refractivity contribution in [2.75, 3.05) is 13.2 Å². The van der Waals surface area contributed by atoms with Crippen molar-refractivity contribution < 1.29 is 24.5 Å². The van der Waals surface area contributed by atoms with Gasteiger partial charge >= 0.3 is 5.97 Å². The normalized spacial score (nSPS) is 12.7. The third-order valence-corrected chi connectivity index (χ3v) is 14.7. The van der Waals surface area contributed by atoms with Crippen LogP contribution < -0.4 is 5.32 Å². The predicted octanol–water partition coefficient (Wildman–Crippen LogP) is 19.8. The smallest absolute Gasteiger partial charge is 0.305 e. The summed E-state index contributed by atoms with van der Waals surface area (Å²) < 4.78 is 5.46. The molecule has 0 radical (unpaired) electrons. The number of ether oxygens (including phenoxy) is 1. The summed E-state index contributed by atoms with van der Waals surface area (Å²) in [6, 6.07) is -0.554. The van der Waals surface area contributed by atoms with Crippen LogP contribution in [0.4, 0.5) is 0 Å². The second-order valence-electron chi connectivity index (χ2n) is 21.7. The van der Waals surface area contributed by atoms with E-state index in [1.54, 1.807) is 0 Å². The molecule has 1 amide bonds. The molecular formula is C64H123NO5. The van der Waals surface area contributed by atoms with Gasteiger partial charge in [0.1, 0.15) is 0 Å². The van der Waals surface area contributed by atoms with Gasteiger partial charge in [-0.3, -0.25) is 9.59 Å². The Hall–Kier alpha value is -1.66. The van der Waals surface area contributed by atoms with Gasteiger partial charge < -0.3 is 20.3 Å². The summed E-state index contributed by atoms with van der Waals surface area (Å²) in [5.41, 5.74) is 0. The number of rotatable bonds is 59. The van der Waals surface area contributed by atoms with Crippen molar-refractivity contribution in [1.29, 1.82) is 0 Å². The fourth-order valence-electron chi connectivity index (χ4n) is 9.87. The number of unbranched alkanes of at least 4 members (excludes halogenated alkanes) is 44. The maximum Gasteiger partial charge on any atom is 0.305 e. The highest BCUT2D eigenvalue weighted by atomic mass is 16.5. The maximum absolute atomic E-state index is 12.5. The van der Waals surface area contributed by atoms with Gasteiger partial charge in [0, 0.05) is 12.8 Å². The molecule has 6 heteroatoms. The molecular weight excluding hydrogens is 863 g/mol. The maximum atomic E-state index is 12.5. The Morgan fingerprint density at radius 3 is 1.01 bits per heavy atom. The van der Waals surface area contributed by atoms with Gasteiger partial charge in [-0.15, -0.1) is 0 Å². The Kier molecular flexibility index (Phi) is 58.5. The number of nitrogens with one attached hydrogen (secondary N) is 1. The standard InChI is InChI=1S/C64H123NO5/c1-3-5-7-9-11-13-15-17-19-20-21-22-23-24-25-26-29-32-36-40-44-48-52-56-62(67)61(60-66)65-63(68)57-53-49-45-41-37-33-30-27-31-35-39-43-47-51-55-59-70-64(69)58-54-50-46-42-38-34-28-18-16-14-12-10-8-6-4-2/h18,28,31,35,61-62,66-67H,3-17,19-27,29-30,32-34,36-60H2,1-2H3,(H,65,68)/b28-18-,35-31-. The molecule has 0 fully saturated rings. The Morgan fingerprint density at radius 2 is 0.671 bits per heavy atom.